The molecule has 0 atom stereocenters. The van der Waals surface area contributed by atoms with Gasteiger partial charge in [0.25, 0.3) is 0 Å². The van der Waals surface area contributed by atoms with Gasteiger partial charge < -0.3 is 0 Å². The summed E-state index contributed by atoms with van der Waals surface area (Å²) in [7, 11) is 1.82. The van der Waals surface area contributed by atoms with Gasteiger partial charge in [0.1, 0.15) is 5.69 Å². The number of nitrogens with one attached hydrogen (secondary N) is 1. The summed E-state index contributed by atoms with van der Waals surface area (Å²) < 4.78 is 3.08. The van der Waals surface area contributed by atoms with Crippen LogP contribution in [0.3, 0.4) is 0 Å². The summed E-state index contributed by atoms with van der Waals surface area (Å²) in [6.45, 7) is 0. The van der Waals surface area contributed by atoms with E-state index in [2.05, 4.69) is 31.0 Å². The molecule has 0 aliphatic carbocycles. The van der Waals surface area contributed by atoms with Crippen molar-refractivity contribution in [1.82, 2.24) is 19.7 Å². The summed E-state index contributed by atoms with van der Waals surface area (Å²) in [5, 5.41) is 3.01. The molecule has 2 aromatic heterocycles. The first-order valence-corrected chi connectivity index (χ1v) is 5.12. The standard InChI is InChI=1S/C8H7BrN4S/c1-13-8(14)11-7(12-13)6-5(9)3-2-4-10-6/h2-4H,1H3,(H,11,12,14). The van der Waals surface area contributed by atoms with E-state index in [1.54, 1.807) is 10.9 Å². The van der Waals surface area contributed by atoms with E-state index in [-0.39, 0.29) is 0 Å². The predicted molar refractivity (Wildman–Crippen MR) is 59.3 cm³/mol. The van der Waals surface area contributed by atoms with Gasteiger partial charge in [-0.3, -0.25) is 14.8 Å². The smallest absolute Gasteiger partial charge is 0.216 e. The Hall–Kier alpha value is -1.01. The number of pyridine rings is 1. The molecule has 2 rings (SSSR count). The lowest BCUT2D eigenvalue weighted by Crippen LogP contribution is -1.91. The number of hydrogen-bond acceptors (Lipinski definition) is 3. The SMILES string of the molecule is Cn1[nH]c(-c2ncccc2Br)nc1=S. The molecule has 4 nitrogen and oxygen atoms in total. The molecule has 14 heavy (non-hydrogen) atoms. The zero-order valence-electron chi connectivity index (χ0n) is 7.36. The van der Waals surface area contributed by atoms with Gasteiger partial charge in [-0.25, -0.2) is 0 Å². The number of nitrogens with zero attached hydrogens (tertiary/aromatic N) is 3. The molecule has 0 saturated heterocycles. The largest absolute Gasteiger partial charge is 0.278 e. The van der Waals surface area contributed by atoms with Crippen molar-refractivity contribution in [2.24, 2.45) is 7.05 Å². The van der Waals surface area contributed by atoms with Crippen LogP contribution in [0, 0.1) is 4.77 Å². The quantitative estimate of drug-likeness (QED) is 0.809. The Morgan fingerprint density at radius 1 is 1.57 bits per heavy atom. The molecular weight excluding hydrogens is 264 g/mol. The van der Waals surface area contributed by atoms with Crippen molar-refractivity contribution in [3.8, 4) is 11.5 Å². The fourth-order valence-corrected chi connectivity index (χ4v) is 1.65. The van der Waals surface area contributed by atoms with Gasteiger partial charge in [-0.15, -0.1) is 0 Å². The second-order valence-corrected chi connectivity index (χ2v) is 3.97. The van der Waals surface area contributed by atoms with Crippen LogP contribution < -0.4 is 0 Å². The molecular formula is C8H7BrN4S. The van der Waals surface area contributed by atoms with Crippen molar-refractivity contribution in [3.05, 3.63) is 27.6 Å². The molecule has 2 heterocycles. The first-order chi connectivity index (χ1) is 6.68. The second kappa shape index (κ2) is 3.62. The third kappa shape index (κ3) is 1.62. The van der Waals surface area contributed by atoms with Crippen LogP contribution in [0.4, 0.5) is 0 Å². The van der Waals surface area contributed by atoms with Crippen molar-refractivity contribution in [2.75, 3.05) is 0 Å². The van der Waals surface area contributed by atoms with Crippen LogP contribution in [0.5, 0.6) is 0 Å². The number of rotatable bonds is 1. The van der Waals surface area contributed by atoms with Crippen molar-refractivity contribution in [2.45, 2.75) is 0 Å². The molecule has 2 aromatic rings. The lowest BCUT2D eigenvalue weighted by Gasteiger charge is -1.97. The fourth-order valence-electron chi connectivity index (χ4n) is 1.07. The summed E-state index contributed by atoms with van der Waals surface area (Å²) >= 11 is 8.40. The van der Waals surface area contributed by atoms with Gasteiger partial charge in [0.2, 0.25) is 4.77 Å². The summed E-state index contributed by atoms with van der Waals surface area (Å²) in [5.74, 6) is 0.671. The van der Waals surface area contributed by atoms with Crippen LogP contribution in [0.1, 0.15) is 0 Å². The number of aromatic nitrogens is 4. The lowest BCUT2D eigenvalue weighted by molar-refractivity contribution is 0.755. The lowest BCUT2D eigenvalue weighted by atomic mass is 10.3. The van der Waals surface area contributed by atoms with E-state index >= 15 is 0 Å². The van der Waals surface area contributed by atoms with E-state index < -0.39 is 0 Å². The number of hydrogen-bond donors (Lipinski definition) is 1. The number of aromatic amines is 1. The van der Waals surface area contributed by atoms with Gasteiger partial charge >= 0.3 is 0 Å². The van der Waals surface area contributed by atoms with Gasteiger partial charge in [0.15, 0.2) is 5.82 Å². The van der Waals surface area contributed by atoms with Crippen LogP contribution in [0.2, 0.25) is 0 Å². The van der Waals surface area contributed by atoms with Gasteiger partial charge in [-0.1, -0.05) is 0 Å². The Morgan fingerprint density at radius 3 is 2.93 bits per heavy atom. The maximum absolute atomic E-state index is 4.99. The molecule has 0 aliphatic rings. The Kier molecular flexibility index (Phi) is 2.47. The Labute approximate surface area is 94.1 Å². The third-order valence-corrected chi connectivity index (χ3v) is 2.76. The molecule has 0 aliphatic heterocycles. The maximum Gasteiger partial charge on any atom is 0.216 e. The van der Waals surface area contributed by atoms with Crippen LogP contribution in [-0.2, 0) is 7.05 Å². The first-order valence-electron chi connectivity index (χ1n) is 3.92. The Morgan fingerprint density at radius 2 is 2.36 bits per heavy atom. The van der Waals surface area contributed by atoms with Crippen LogP contribution in [0.25, 0.3) is 11.5 Å². The Balaban J connectivity index is 2.60. The van der Waals surface area contributed by atoms with Crippen LogP contribution in [0.15, 0.2) is 22.8 Å². The number of aryl methyl sites for hydroxylation is 1. The van der Waals surface area contributed by atoms with E-state index in [4.69, 9.17) is 12.2 Å². The molecule has 0 fully saturated rings. The topological polar surface area (TPSA) is 46.5 Å². The number of halogens is 1. The minimum absolute atomic E-state index is 0.512. The van der Waals surface area contributed by atoms with Gasteiger partial charge in [0, 0.05) is 17.7 Å². The van der Waals surface area contributed by atoms with Crippen LogP contribution in [-0.4, -0.2) is 19.7 Å². The normalized spacial score (nSPS) is 10.4. The van der Waals surface area contributed by atoms with Crippen molar-refractivity contribution < 1.29 is 0 Å². The average molecular weight is 271 g/mol. The van der Waals surface area contributed by atoms with Crippen LogP contribution >= 0.6 is 28.1 Å². The van der Waals surface area contributed by atoms with Gasteiger partial charge in [-0.2, -0.15) is 4.98 Å². The fraction of sp³-hybridized carbons (Fsp3) is 0.125. The summed E-state index contributed by atoms with van der Waals surface area (Å²) in [5.41, 5.74) is 0.763. The molecule has 0 bridgehead atoms. The molecule has 0 saturated carbocycles. The molecule has 0 spiro atoms. The highest BCUT2D eigenvalue weighted by molar-refractivity contribution is 9.10. The monoisotopic (exact) mass is 270 g/mol. The molecule has 6 heteroatoms. The predicted octanol–water partition coefficient (Wildman–Crippen LogP) is 2.30. The van der Waals surface area contributed by atoms with Crippen molar-refractivity contribution in [3.63, 3.8) is 0 Å². The highest BCUT2D eigenvalue weighted by Gasteiger charge is 2.07. The highest BCUT2D eigenvalue weighted by atomic mass is 79.9. The summed E-state index contributed by atoms with van der Waals surface area (Å²) in [6.07, 6.45) is 1.71. The molecule has 0 radical (unpaired) electrons. The molecule has 0 amide bonds. The van der Waals surface area contributed by atoms with Gasteiger partial charge in [0.05, 0.1) is 0 Å². The van der Waals surface area contributed by atoms with Crippen molar-refractivity contribution >= 4 is 28.1 Å². The van der Waals surface area contributed by atoms with Crippen molar-refractivity contribution in [1.29, 1.82) is 0 Å². The van der Waals surface area contributed by atoms with Gasteiger partial charge in [-0.05, 0) is 40.3 Å². The highest BCUT2D eigenvalue weighted by Crippen LogP contribution is 2.21. The zero-order chi connectivity index (χ0) is 10.1. The first kappa shape index (κ1) is 9.54. The zero-order valence-corrected chi connectivity index (χ0v) is 9.76. The van der Waals surface area contributed by atoms with E-state index in [1.807, 2.05) is 19.2 Å². The molecule has 72 valence electrons. The molecule has 0 unspecified atom stereocenters. The Bertz CT molecular complexity index is 516. The summed E-state index contributed by atoms with van der Waals surface area (Å²) in [4.78, 5) is 8.37. The van der Waals surface area contributed by atoms with E-state index in [0.29, 0.717) is 10.6 Å². The second-order valence-electron chi connectivity index (χ2n) is 2.75. The molecule has 1 N–H and O–H groups in total. The molecule has 0 aromatic carbocycles. The summed E-state index contributed by atoms with van der Waals surface area (Å²) in [6, 6.07) is 3.76. The van der Waals surface area contributed by atoms with E-state index in [1.165, 1.54) is 0 Å². The van der Waals surface area contributed by atoms with E-state index in [0.717, 1.165) is 10.2 Å². The number of H-pyrrole nitrogens is 1. The third-order valence-electron chi connectivity index (χ3n) is 1.75. The minimum Gasteiger partial charge on any atom is -0.278 e. The van der Waals surface area contributed by atoms with E-state index in [9.17, 15) is 0 Å². The minimum atomic E-state index is 0.512. The maximum atomic E-state index is 4.99. The average Bonchev–Trinajstić information content (AvgIpc) is 2.48.